The predicted molar refractivity (Wildman–Crippen MR) is 61.6 cm³/mol. The molecule has 0 radical (unpaired) electrons. The van der Waals surface area contributed by atoms with E-state index in [1.54, 1.807) is 0 Å². The van der Waals surface area contributed by atoms with Crippen molar-refractivity contribution in [3.05, 3.63) is 12.3 Å². The summed E-state index contributed by atoms with van der Waals surface area (Å²) in [5, 5.41) is 2.29. The molecule has 1 atom stereocenters. The maximum atomic E-state index is 11.4. The molecule has 1 unspecified atom stereocenters. The summed E-state index contributed by atoms with van der Waals surface area (Å²) < 4.78 is 10.6. The number of rotatable bonds is 6. The molecule has 0 fully saturated rings. The summed E-state index contributed by atoms with van der Waals surface area (Å²) in [5.74, 6) is -0.192. The first-order valence-electron chi connectivity index (χ1n) is 4.90. The highest BCUT2D eigenvalue weighted by Crippen LogP contribution is 2.35. The lowest BCUT2D eigenvalue weighted by Crippen LogP contribution is -2.41. The second kappa shape index (κ2) is 6.15. The lowest BCUT2D eigenvalue weighted by molar-refractivity contribution is -0.121. The van der Waals surface area contributed by atoms with E-state index in [2.05, 4.69) is 11.9 Å². The normalized spacial score (nSPS) is 13.6. The number of allylic oxidation sites excluding steroid dienone is 1. The van der Waals surface area contributed by atoms with Gasteiger partial charge in [-0.15, -0.1) is 0 Å². The fraction of sp³-hybridized carbons (Fsp3) is 0.667. The Kier molecular flexibility index (Phi) is 5.89. The molecule has 0 aromatic rings. The summed E-state index contributed by atoms with van der Waals surface area (Å²) in [7, 11) is -4.19. The third-order valence-electron chi connectivity index (χ3n) is 1.76. The molecule has 0 aliphatic carbocycles. The van der Waals surface area contributed by atoms with Crippen molar-refractivity contribution in [3.8, 4) is 0 Å². The van der Waals surface area contributed by atoms with Gasteiger partial charge in [0.05, 0.1) is 12.2 Å². The largest absolute Gasteiger partial charge is 0.331 e. The van der Waals surface area contributed by atoms with Crippen LogP contribution in [0.25, 0.3) is 0 Å². The molecule has 0 spiro atoms. The van der Waals surface area contributed by atoms with Crippen molar-refractivity contribution in [2.45, 2.75) is 26.3 Å². The molecule has 0 saturated heterocycles. The summed E-state index contributed by atoms with van der Waals surface area (Å²) in [6, 6.07) is -0.687. The Labute approximate surface area is 95.1 Å². The van der Waals surface area contributed by atoms with Gasteiger partial charge in [-0.2, -0.15) is 0 Å². The molecular formula is C9H19N2O4P. The van der Waals surface area contributed by atoms with E-state index >= 15 is 0 Å². The molecule has 0 aromatic heterocycles. The summed E-state index contributed by atoms with van der Waals surface area (Å²) in [5.41, 5.74) is 5.57. The molecule has 0 aromatic carbocycles. The fourth-order valence-corrected chi connectivity index (χ4v) is 1.75. The molecule has 0 heterocycles. The molecule has 0 aliphatic rings. The number of nitrogens with two attached hydrogens (primary N) is 1. The molecule has 7 heteroatoms. The first-order valence-corrected chi connectivity index (χ1v) is 6.70. The molecule has 0 saturated carbocycles. The summed E-state index contributed by atoms with van der Waals surface area (Å²) in [4.78, 5) is 28.7. The van der Waals surface area contributed by atoms with Gasteiger partial charge in [0.1, 0.15) is 0 Å². The van der Waals surface area contributed by atoms with Gasteiger partial charge in [0, 0.05) is 5.70 Å². The van der Waals surface area contributed by atoms with Gasteiger partial charge >= 0.3 is 7.60 Å². The Bertz CT molecular complexity index is 311. The van der Waals surface area contributed by atoms with E-state index in [1.807, 2.05) is 13.8 Å². The van der Waals surface area contributed by atoms with E-state index in [4.69, 9.17) is 15.5 Å². The van der Waals surface area contributed by atoms with Crippen LogP contribution in [0.3, 0.4) is 0 Å². The number of hydrogen-bond donors (Lipinski definition) is 4. The first kappa shape index (κ1) is 15.3. The van der Waals surface area contributed by atoms with Crippen molar-refractivity contribution in [2.75, 3.05) is 6.16 Å². The van der Waals surface area contributed by atoms with E-state index in [-0.39, 0.29) is 11.6 Å². The van der Waals surface area contributed by atoms with Crippen LogP contribution in [0, 0.1) is 5.92 Å². The fourth-order valence-electron chi connectivity index (χ4n) is 1.17. The van der Waals surface area contributed by atoms with Crippen molar-refractivity contribution < 1.29 is 19.1 Å². The molecule has 6 nitrogen and oxygen atoms in total. The average Bonchev–Trinajstić information content (AvgIpc) is 1.98. The van der Waals surface area contributed by atoms with Crippen LogP contribution in [0.5, 0.6) is 0 Å². The quantitative estimate of drug-likeness (QED) is 0.502. The minimum atomic E-state index is -4.19. The third kappa shape index (κ3) is 7.59. The van der Waals surface area contributed by atoms with Crippen LogP contribution >= 0.6 is 7.60 Å². The monoisotopic (exact) mass is 250 g/mol. The SMILES string of the molecule is C=C(CP(=O)(O)O)NC(=O)C(N)CC(C)C. The zero-order chi connectivity index (χ0) is 12.9. The molecular weight excluding hydrogens is 231 g/mol. The van der Waals surface area contributed by atoms with Crippen molar-refractivity contribution >= 4 is 13.5 Å². The second-order valence-electron chi connectivity index (χ2n) is 4.15. The van der Waals surface area contributed by atoms with E-state index in [0.717, 1.165) is 0 Å². The minimum Gasteiger partial charge on any atom is -0.328 e. The Morgan fingerprint density at radius 3 is 2.38 bits per heavy atom. The van der Waals surface area contributed by atoms with Crippen molar-refractivity contribution in [2.24, 2.45) is 11.7 Å². The zero-order valence-corrected chi connectivity index (χ0v) is 10.4. The summed E-state index contributed by atoms with van der Waals surface area (Å²) in [6.07, 6.45) is -0.0534. The van der Waals surface area contributed by atoms with Gasteiger partial charge < -0.3 is 20.8 Å². The highest BCUT2D eigenvalue weighted by molar-refractivity contribution is 7.52. The van der Waals surface area contributed by atoms with E-state index in [0.29, 0.717) is 6.42 Å². The highest BCUT2D eigenvalue weighted by Gasteiger charge is 2.19. The molecule has 0 aliphatic heterocycles. The molecule has 1 amide bonds. The molecule has 0 rings (SSSR count). The van der Waals surface area contributed by atoms with Crippen molar-refractivity contribution in [1.82, 2.24) is 5.32 Å². The third-order valence-corrected chi connectivity index (χ3v) is 2.55. The van der Waals surface area contributed by atoms with Crippen LogP contribution in [0.2, 0.25) is 0 Å². The number of amides is 1. The molecule has 0 bridgehead atoms. The number of carbonyl (C=O) groups excluding carboxylic acids is 1. The highest BCUT2D eigenvalue weighted by atomic mass is 31.2. The topological polar surface area (TPSA) is 113 Å². The van der Waals surface area contributed by atoms with Gasteiger partial charge in [0.15, 0.2) is 0 Å². The lowest BCUT2D eigenvalue weighted by atomic mass is 10.0. The van der Waals surface area contributed by atoms with Gasteiger partial charge in [-0.25, -0.2) is 0 Å². The second-order valence-corrected chi connectivity index (χ2v) is 5.80. The Morgan fingerprint density at radius 1 is 1.50 bits per heavy atom. The Morgan fingerprint density at radius 2 is 2.00 bits per heavy atom. The zero-order valence-electron chi connectivity index (χ0n) is 9.51. The standard InChI is InChI=1S/C9H19N2O4P/c1-6(2)4-8(10)9(12)11-7(3)5-16(13,14)15/h6,8H,3-5,10H2,1-2H3,(H,11,12)(H2,13,14,15). The van der Waals surface area contributed by atoms with Gasteiger partial charge in [0.2, 0.25) is 5.91 Å². The van der Waals surface area contributed by atoms with Crippen LogP contribution in [0.1, 0.15) is 20.3 Å². The maximum Gasteiger partial charge on any atom is 0.331 e. The maximum absolute atomic E-state index is 11.4. The molecule has 5 N–H and O–H groups in total. The first-order chi connectivity index (χ1) is 7.11. The van der Waals surface area contributed by atoms with Gasteiger partial charge in [0.25, 0.3) is 0 Å². The van der Waals surface area contributed by atoms with Crippen molar-refractivity contribution in [1.29, 1.82) is 0 Å². The van der Waals surface area contributed by atoms with Crippen LogP contribution in [-0.4, -0.2) is 27.9 Å². The smallest absolute Gasteiger partial charge is 0.328 e. The van der Waals surface area contributed by atoms with Gasteiger partial charge in [-0.3, -0.25) is 9.36 Å². The number of carbonyl (C=O) groups is 1. The number of nitrogens with one attached hydrogen (secondary N) is 1. The predicted octanol–water partition coefficient (Wildman–Crippen LogP) is 0.167. The van der Waals surface area contributed by atoms with Crippen LogP contribution in [0.4, 0.5) is 0 Å². The summed E-state index contributed by atoms with van der Waals surface area (Å²) >= 11 is 0. The van der Waals surface area contributed by atoms with Crippen molar-refractivity contribution in [3.63, 3.8) is 0 Å². The Balaban J connectivity index is 4.15. The van der Waals surface area contributed by atoms with E-state index in [1.165, 1.54) is 0 Å². The molecule has 16 heavy (non-hydrogen) atoms. The summed E-state index contributed by atoms with van der Waals surface area (Å²) in [6.45, 7) is 7.22. The van der Waals surface area contributed by atoms with E-state index < -0.39 is 25.7 Å². The number of hydrogen-bond acceptors (Lipinski definition) is 3. The molecule has 94 valence electrons. The van der Waals surface area contributed by atoms with Crippen LogP contribution in [0.15, 0.2) is 12.3 Å². The van der Waals surface area contributed by atoms with E-state index in [9.17, 15) is 9.36 Å². The average molecular weight is 250 g/mol. The van der Waals surface area contributed by atoms with Crippen LogP contribution < -0.4 is 11.1 Å². The minimum absolute atomic E-state index is 0.0162. The van der Waals surface area contributed by atoms with Gasteiger partial charge in [-0.05, 0) is 12.3 Å². The lowest BCUT2D eigenvalue weighted by Gasteiger charge is -2.15. The van der Waals surface area contributed by atoms with Gasteiger partial charge in [-0.1, -0.05) is 20.4 Å². The van der Waals surface area contributed by atoms with Crippen LogP contribution in [-0.2, 0) is 9.36 Å². The Hall–Kier alpha value is -0.680.